The van der Waals surface area contributed by atoms with Crippen LogP contribution in [0.4, 0.5) is 10.5 Å². The first-order chi connectivity index (χ1) is 9.81. The van der Waals surface area contributed by atoms with Gasteiger partial charge in [0.15, 0.2) is 0 Å². The van der Waals surface area contributed by atoms with Gasteiger partial charge in [-0.3, -0.25) is 25.0 Å². The van der Waals surface area contributed by atoms with Crippen LogP contribution < -0.4 is 16.0 Å². The third kappa shape index (κ3) is 3.07. The minimum Gasteiger partial charge on any atom is -0.326 e. The summed E-state index contributed by atoms with van der Waals surface area (Å²) in [5.41, 5.74) is 0.00861. The van der Waals surface area contributed by atoms with E-state index in [0.717, 1.165) is 5.56 Å². The first-order valence-electron chi connectivity index (χ1n) is 6.34. The molecule has 0 radical (unpaired) electrons. The van der Waals surface area contributed by atoms with Gasteiger partial charge in [0.1, 0.15) is 5.41 Å². The number of benzene rings is 1. The lowest BCUT2D eigenvalue weighted by atomic mass is 9.83. The van der Waals surface area contributed by atoms with Crippen LogP contribution in [0.2, 0.25) is 0 Å². The molecule has 0 aliphatic carbocycles. The minimum absolute atomic E-state index is 0.355. The molecule has 1 aliphatic heterocycles. The lowest BCUT2D eigenvalue weighted by Gasteiger charge is -2.29. The Balaban J connectivity index is 2.07. The molecule has 7 heteroatoms. The van der Waals surface area contributed by atoms with Gasteiger partial charge in [-0.2, -0.15) is 0 Å². The van der Waals surface area contributed by atoms with E-state index in [0.29, 0.717) is 5.69 Å². The number of aryl methyl sites for hydroxylation is 1. The molecule has 0 spiro atoms. The van der Waals surface area contributed by atoms with Crippen LogP contribution in [0.1, 0.15) is 18.9 Å². The second kappa shape index (κ2) is 5.35. The summed E-state index contributed by atoms with van der Waals surface area (Å²) in [4.78, 5) is 46.6. The smallest absolute Gasteiger partial charge is 0.326 e. The largest absolute Gasteiger partial charge is 0.328 e. The van der Waals surface area contributed by atoms with Crippen LogP contribution in [0.15, 0.2) is 24.3 Å². The fourth-order valence-corrected chi connectivity index (χ4v) is 1.94. The highest BCUT2D eigenvalue weighted by Crippen LogP contribution is 2.25. The van der Waals surface area contributed by atoms with Gasteiger partial charge in [0, 0.05) is 5.69 Å². The van der Waals surface area contributed by atoms with Crippen LogP contribution >= 0.6 is 0 Å². The van der Waals surface area contributed by atoms with Crippen LogP contribution in [-0.2, 0) is 14.4 Å². The molecule has 21 heavy (non-hydrogen) atoms. The Morgan fingerprint density at radius 3 is 2.14 bits per heavy atom. The van der Waals surface area contributed by atoms with Crippen LogP contribution in [0.3, 0.4) is 0 Å². The molecule has 0 bridgehead atoms. The maximum Gasteiger partial charge on any atom is 0.328 e. The lowest BCUT2D eigenvalue weighted by Crippen LogP contribution is -2.61. The maximum atomic E-state index is 12.0. The number of hydrogen-bond acceptors (Lipinski definition) is 4. The quantitative estimate of drug-likeness (QED) is 0.712. The number of carbonyl (C=O) groups is 4. The number of barbiturate groups is 1. The second-order valence-electron chi connectivity index (χ2n) is 5.16. The maximum absolute atomic E-state index is 12.0. The fourth-order valence-electron chi connectivity index (χ4n) is 1.94. The van der Waals surface area contributed by atoms with E-state index in [-0.39, 0.29) is 6.42 Å². The molecule has 1 aliphatic rings. The van der Waals surface area contributed by atoms with Gasteiger partial charge in [-0.05, 0) is 26.0 Å². The Morgan fingerprint density at radius 2 is 1.62 bits per heavy atom. The van der Waals surface area contributed by atoms with Crippen molar-refractivity contribution < 1.29 is 19.2 Å². The predicted octanol–water partition coefficient (Wildman–Crippen LogP) is 0.696. The van der Waals surface area contributed by atoms with Crippen molar-refractivity contribution in [2.45, 2.75) is 20.3 Å². The summed E-state index contributed by atoms with van der Waals surface area (Å²) in [5.74, 6) is -2.05. The number of imide groups is 2. The number of hydrogen-bond donors (Lipinski definition) is 3. The Labute approximate surface area is 121 Å². The molecule has 1 aromatic carbocycles. The molecule has 0 atom stereocenters. The predicted molar refractivity (Wildman–Crippen MR) is 74.2 cm³/mol. The highest BCUT2D eigenvalue weighted by molar-refractivity contribution is 6.20. The standard InChI is InChI=1S/C14H15N3O4/c1-8-3-5-9(6-4-8)15-10(18)7-14(2)11(19)16-13(21)17-12(14)20/h3-6H,7H2,1-2H3,(H,15,18)(H2,16,17,19,20,21). The summed E-state index contributed by atoms with van der Waals surface area (Å²) in [6, 6.07) is 6.23. The summed E-state index contributed by atoms with van der Waals surface area (Å²) in [7, 11) is 0. The van der Waals surface area contributed by atoms with E-state index < -0.39 is 29.2 Å². The van der Waals surface area contributed by atoms with Crippen molar-refractivity contribution in [3.63, 3.8) is 0 Å². The molecule has 3 N–H and O–H groups in total. The third-order valence-electron chi connectivity index (χ3n) is 3.31. The van der Waals surface area contributed by atoms with Gasteiger partial charge in [0.05, 0.1) is 6.42 Å². The van der Waals surface area contributed by atoms with Crippen molar-refractivity contribution >= 4 is 29.4 Å². The third-order valence-corrected chi connectivity index (χ3v) is 3.31. The van der Waals surface area contributed by atoms with E-state index in [1.807, 2.05) is 29.7 Å². The first-order valence-corrected chi connectivity index (χ1v) is 6.34. The van der Waals surface area contributed by atoms with E-state index in [1.165, 1.54) is 6.92 Å². The van der Waals surface area contributed by atoms with Gasteiger partial charge >= 0.3 is 6.03 Å². The van der Waals surface area contributed by atoms with Gasteiger partial charge < -0.3 is 5.32 Å². The lowest BCUT2D eigenvalue weighted by molar-refractivity contribution is -0.146. The molecule has 0 aromatic heterocycles. The van der Waals surface area contributed by atoms with Crippen LogP contribution in [0.25, 0.3) is 0 Å². The molecule has 0 saturated carbocycles. The first kappa shape index (κ1) is 14.7. The molecule has 1 heterocycles. The minimum atomic E-state index is -1.61. The van der Waals surface area contributed by atoms with Crippen LogP contribution in [0, 0.1) is 12.3 Å². The summed E-state index contributed by atoms with van der Waals surface area (Å²) < 4.78 is 0. The van der Waals surface area contributed by atoms with Gasteiger partial charge in [-0.25, -0.2) is 4.79 Å². The number of carbonyl (C=O) groups excluding carboxylic acids is 4. The summed E-state index contributed by atoms with van der Waals surface area (Å²) in [6.07, 6.45) is -0.355. The van der Waals surface area contributed by atoms with E-state index in [4.69, 9.17) is 0 Å². The van der Waals surface area contributed by atoms with Gasteiger partial charge in [-0.15, -0.1) is 0 Å². The molecular formula is C14H15N3O4. The zero-order valence-electron chi connectivity index (χ0n) is 11.6. The second-order valence-corrected chi connectivity index (χ2v) is 5.16. The zero-order valence-corrected chi connectivity index (χ0v) is 11.6. The average Bonchev–Trinajstić information content (AvgIpc) is 2.39. The monoisotopic (exact) mass is 289 g/mol. The van der Waals surface area contributed by atoms with E-state index in [2.05, 4.69) is 5.32 Å². The molecule has 5 amide bonds. The average molecular weight is 289 g/mol. The normalized spacial score (nSPS) is 17.0. The molecular weight excluding hydrogens is 274 g/mol. The van der Waals surface area contributed by atoms with Crippen LogP contribution in [0.5, 0.6) is 0 Å². The fraction of sp³-hybridized carbons (Fsp3) is 0.286. The zero-order chi connectivity index (χ0) is 15.6. The molecule has 0 unspecified atom stereocenters. The number of anilines is 1. The van der Waals surface area contributed by atoms with Crippen molar-refractivity contribution in [3.8, 4) is 0 Å². The van der Waals surface area contributed by atoms with E-state index in [1.54, 1.807) is 12.1 Å². The van der Waals surface area contributed by atoms with Crippen molar-refractivity contribution in [1.29, 1.82) is 0 Å². The van der Waals surface area contributed by atoms with Crippen molar-refractivity contribution in [2.24, 2.45) is 5.41 Å². The van der Waals surface area contributed by atoms with Crippen LogP contribution in [-0.4, -0.2) is 23.8 Å². The molecule has 1 fully saturated rings. The Morgan fingerprint density at radius 1 is 1.10 bits per heavy atom. The summed E-state index contributed by atoms with van der Waals surface area (Å²) >= 11 is 0. The highest BCUT2D eigenvalue weighted by atomic mass is 16.2. The molecule has 110 valence electrons. The Bertz CT molecular complexity index is 602. The molecule has 2 rings (SSSR count). The molecule has 1 saturated heterocycles. The van der Waals surface area contributed by atoms with Gasteiger partial charge in [-0.1, -0.05) is 17.7 Å². The van der Waals surface area contributed by atoms with Gasteiger partial charge in [0.2, 0.25) is 17.7 Å². The number of rotatable bonds is 3. The number of nitrogens with one attached hydrogen (secondary N) is 3. The number of amides is 5. The van der Waals surface area contributed by atoms with Crippen molar-refractivity contribution in [3.05, 3.63) is 29.8 Å². The van der Waals surface area contributed by atoms with E-state index in [9.17, 15) is 19.2 Å². The van der Waals surface area contributed by atoms with Gasteiger partial charge in [0.25, 0.3) is 0 Å². The molecule has 1 aromatic rings. The van der Waals surface area contributed by atoms with Crippen molar-refractivity contribution in [1.82, 2.24) is 10.6 Å². The SMILES string of the molecule is Cc1ccc(NC(=O)CC2(C)C(=O)NC(=O)NC2=O)cc1. The Kier molecular flexibility index (Phi) is 3.75. The molecule has 7 nitrogen and oxygen atoms in total. The Hall–Kier alpha value is -2.70. The summed E-state index contributed by atoms with van der Waals surface area (Å²) in [5, 5.41) is 6.58. The van der Waals surface area contributed by atoms with E-state index >= 15 is 0 Å². The number of urea groups is 1. The highest BCUT2D eigenvalue weighted by Gasteiger charge is 2.47. The van der Waals surface area contributed by atoms with Crippen molar-refractivity contribution in [2.75, 3.05) is 5.32 Å². The summed E-state index contributed by atoms with van der Waals surface area (Å²) in [6.45, 7) is 3.24. The topological polar surface area (TPSA) is 104 Å².